The molecule has 1 unspecified atom stereocenters. The van der Waals surface area contributed by atoms with E-state index in [0.29, 0.717) is 31.1 Å². The standard InChI is InChI=1S/C15H25N3O2/c1-5-15(4,16)11-20-12-8-9-17-13(10-12)14(19)18(6-2)7-3/h8-10H,5-7,11,16H2,1-4H3. The van der Waals surface area contributed by atoms with Crippen molar-refractivity contribution in [3.05, 3.63) is 24.0 Å². The summed E-state index contributed by atoms with van der Waals surface area (Å²) in [6.45, 7) is 9.59. The van der Waals surface area contributed by atoms with Gasteiger partial charge in [0.25, 0.3) is 5.91 Å². The normalized spacial score (nSPS) is 13.7. The molecule has 0 fully saturated rings. The molecule has 1 atom stereocenters. The number of pyridine rings is 1. The molecule has 1 aromatic rings. The third kappa shape index (κ3) is 4.49. The molecule has 0 aliphatic rings. The lowest BCUT2D eigenvalue weighted by atomic mass is 10.0. The average Bonchev–Trinajstić information content (AvgIpc) is 2.47. The minimum atomic E-state index is -0.369. The minimum absolute atomic E-state index is 0.0774. The molecule has 2 N–H and O–H groups in total. The van der Waals surface area contributed by atoms with Crippen LogP contribution in [0.2, 0.25) is 0 Å². The van der Waals surface area contributed by atoms with Gasteiger partial charge in [-0.25, -0.2) is 0 Å². The lowest BCUT2D eigenvalue weighted by Crippen LogP contribution is -2.41. The highest BCUT2D eigenvalue weighted by molar-refractivity contribution is 5.92. The largest absolute Gasteiger partial charge is 0.492 e. The topological polar surface area (TPSA) is 68.5 Å². The smallest absolute Gasteiger partial charge is 0.272 e. The van der Waals surface area contributed by atoms with Crippen LogP contribution in [0.1, 0.15) is 44.6 Å². The van der Waals surface area contributed by atoms with Crippen LogP contribution in [0.15, 0.2) is 18.3 Å². The van der Waals surface area contributed by atoms with E-state index >= 15 is 0 Å². The van der Waals surface area contributed by atoms with Crippen LogP contribution >= 0.6 is 0 Å². The molecular weight excluding hydrogens is 254 g/mol. The molecule has 5 nitrogen and oxygen atoms in total. The van der Waals surface area contributed by atoms with Crippen molar-refractivity contribution in [2.24, 2.45) is 5.73 Å². The van der Waals surface area contributed by atoms with Gasteiger partial charge in [0.1, 0.15) is 18.1 Å². The number of carbonyl (C=O) groups excluding carboxylic acids is 1. The fourth-order valence-electron chi connectivity index (χ4n) is 1.64. The van der Waals surface area contributed by atoms with Gasteiger partial charge >= 0.3 is 0 Å². The van der Waals surface area contributed by atoms with Gasteiger partial charge in [0.05, 0.1) is 0 Å². The van der Waals surface area contributed by atoms with Crippen LogP contribution in [0.4, 0.5) is 0 Å². The minimum Gasteiger partial charge on any atom is -0.492 e. The third-order valence-corrected chi connectivity index (χ3v) is 3.38. The molecule has 0 saturated heterocycles. The number of ether oxygens (including phenoxy) is 1. The zero-order valence-electron chi connectivity index (χ0n) is 12.8. The van der Waals surface area contributed by atoms with E-state index in [0.717, 1.165) is 6.42 Å². The van der Waals surface area contributed by atoms with Crippen molar-refractivity contribution in [3.8, 4) is 5.75 Å². The SMILES string of the molecule is CCN(CC)C(=O)c1cc(OCC(C)(N)CC)ccn1. The Balaban J connectivity index is 2.78. The van der Waals surface area contributed by atoms with Crippen molar-refractivity contribution >= 4 is 5.91 Å². The first kappa shape index (κ1) is 16.4. The van der Waals surface area contributed by atoms with Crippen LogP contribution in [0.5, 0.6) is 5.75 Å². The molecule has 0 aliphatic carbocycles. The maximum atomic E-state index is 12.2. The number of rotatable bonds is 7. The van der Waals surface area contributed by atoms with Gasteiger partial charge in [-0.3, -0.25) is 9.78 Å². The summed E-state index contributed by atoms with van der Waals surface area (Å²) in [7, 11) is 0. The molecule has 112 valence electrons. The second-order valence-electron chi connectivity index (χ2n) is 5.15. The van der Waals surface area contributed by atoms with Crippen LogP contribution in [-0.4, -0.2) is 41.0 Å². The summed E-state index contributed by atoms with van der Waals surface area (Å²) in [4.78, 5) is 18.0. The molecular formula is C15H25N3O2. The van der Waals surface area contributed by atoms with Crippen LogP contribution in [-0.2, 0) is 0 Å². The second-order valence-corrected chi connectivity index (χ2v) is 5.15. The molecule has 1 heterocycles. The van der Waals surface area contributed by atoms with Crippen LogP contribution in [0.3, 0.4) is 0 Å². The summed E-state index contributed by atoms with van der Waals surface area (Å²) in [6, 6.07) is 3.41. The Labute approximate surface area is 121 Å². The molecule has 0 aromatic carbocycles. The first-order valence-corrected chi connectivity index (χ1v) is 7.10. The zero-order valence-corrected chi connectivity index (χ0v) is 12.8. The van der Waals surface area contributed by atoms with Crippen molar-refractivity contribution in [1.82, 2.24) is 9.88 Å². The maximum absolute atomic E-state index is 12.2. The van der Waals surface area contributed by atoms with Gasteiger partial charge in [0.15, 0.2) is 0 Å². The highest BCUT2D eigenvalue weighted by Gasteiger charge is 2.18. The third-order valence-electron chi connectivity index (χ3n) is 3.38. The van der Waals surface area contributed by atoms with Gasteiger partial charge in [0.2, 0.25) is 0 Å². The average molecular weight is 279 g/mol. The highest BCUT2D eigenvalue weighted by atomic mass is 16.5. The summed E-state index contributed by atoms with van der Waals surface area (Å²) in [5.41, 5.74) is 6.07. The number of amides is 1. The summed E-state index contributed by atoms with van der Waals surface area (Å²) in [5, 5.41) is 0. The lowest BCUT2D eigenvalue weighted by Gasteiger charge is -2.23. The van der Waals surface area contributed by atoms with Gasteiger partial charge in [-0.2, -0.15) is 0 Å². The van der Waals surface area contributed by atoms with Crippen LogP contribution < -0.4 is 10.5 Å². The van der Waals surface area contributed by atoms with Crippen LogP contribution in [0, 0.1) is 0 Å². The number of nitrogens with two attached hydrogens (primary N) is 1. The molecule has 0 aliphatic heterocycles. The number of nitrogens with zero attached hydrogens (tertiary/aromatic N) is 2. The molecule has 0 saturated carbocycles. The van der Waals surface area contributed by atoms with Gasteiger partial charge in [-0.1, -0.05) is 6.92 Å². The van der Waals surface area contributed by atoms with Gasteiger partial charge < -0.3 is 15.4 Å². The van der Waals surface area contributed by atoms with E-state index < -0.39 is 0 Å². The van der Waals surface area contributed by atoms with Crippen molar-refractivity contribution in [3.63, 3.8) is 0 Å². The monoisotopic (exact) mass is 279 g/mol. The van der Waals surface area contributed by atoms with Crippen molar-refractivity contribution in [2.45, 2.75) is 39.7 Å². The molecule has 0 radical (unpaired) electrons. The van der Waals surface area contributed by atoms with Gasteiger partial charge in [-0.05, 0) is 33.3 Å². The number of carbonyl (C=O) groups is 1. The van der Waals surface area contributed by atoms with Crippen LogP contribution in [0.25, 0.3) is 0 Å². The molecule has 1 aromatic heterocycles. The summed E-state index contributed by atoms with van der Waals surface area (Å²) < 4.78 is 5.66. The molecule has 1 amide bonds. The molecule has 20 heavy (non-hydrogen) atoms. The Morgan fingerprint density at radius 2 is 2.05 bits per heavy atom. The predicted molar refractivity (Wildman–Crippen MR) is 79.9 cm³/mol. The first-order chi connectivity index (χ1) is 9.43. The quantitative estimate of drug-likeness (QED) is 0.829. The Bertz CT molecular complexity index is 442. The van der Waals surface area contributed by atoms with E-state index in [9.17, 15) is 4.79 Å². The Morgan fingerprint density at radius 3 is 2.60 bits per heavy atom. The Kier molecular flexibility index (Phi) is 5.95. The predicted octanol–water partition coefficient (Wildman–Crippen LogP) is 2.07. The van der Waals surface area contributed by atoms with E-state index in [1.807, 2.05) is 27.7 Å². The van der Waals surface area contributed by atoms with E-state index in [1.54, 1.807) is 23.2 Å². The zero-order chi connectivity index (χ0) is 15.2. The van der Waals surface area contributed by atoms with Gasteiger partial charge in [-0.15, -0.1) is 0 Å². The maximum Gasteiger partial charge on any atom is 0.272 e. The van der Waals surface area contributed by atoms with E-state index in [-0.39, 0.29) is 11.4 Å². The molecule has 5 heteroatoms. The number of hydrogen-bond donors (Lipinski definition) is 1. The van der Waals surface area contributed by atoms with E-state index in [1.165, 1.54) is 0 Å². The molecule has 0 spiro atoms. The fourth-order valence-corrected chi connectivity index (χ4v) is 1.64. The fraction of sp³-hybridized carbons (Fsp3) is 0.600. The van der Waals surface area contributed by atoms with Crippen molar-refractivity contribution in [2.75, 3.05) is 19.7 Å². The first-order valence-electron chi connectivity index (χ1n) is 7.10. The van der Waals surface area contributed by atoms with E-state index in [2.05, 4.69) is 4.98 Å². The Hall–Kier alpha value is -1.62. The Morgan fingerprint density at radius 1 is 1.40 bits per heavy atom. The summed E-state index contributed by atoms with van der Waals surface area (Å²) in [6.07, 6.45) is 2.41. The number of hydrogen-bond acceptors (Lipinski definition) is 4. The van der Waals surface area contributed by atoms with Crippen molar-refractivity contribution in [1.29, 1.82) is 0 Å². The van der Waals surface area contributed by atoms with E-state index in [4.69, 9.17) is 10.5 Å². The summed E-state index contributed by atoms with van der Waals surface area (Å²) >= 11 is 0. The molecule has 0 bridgehead atoms. The second kappa shape index (κ2) is 7.24. The van der Waals surface area contributed by atoms with Crippen molar-refractivity contribution < 1.29 is 9.53 Å². The summed E-state index contributed by atoms with van der Waals surface area (Å²) in [5.74, 6) is 0.548. The lowest BCUT2D eigenvalue weighted by molar-refractivity contribution is 0.0766. The highest BCUT2D eigenvalue weighted by Crippen LogP contribution is 2.15. The number of aromatic nitrogens is 1. The van der Waals surface area contributed by atoms with Gasteiger partial charge in [0, 0.05) is 30.9 Å². The molecule has 1 rings (SSSR count).